The standard InChI is InChI=1S/C25H32N4O.C2H6/c1-19(2)29-23-11-7-6-10-22(23)24(27-29)25(30)26-18-21-13-16-28(17-14-21)15-12-20-8-4-3-5-9-20;1-2/h3-11,19,21H,12-18H2,1-2H3,(H,26,30);1-2H3. The highest BCUT2D eigenvalue weighted by atomic mass is 16.1. The second kappa shape index (κ2) is 11.8. The van der Waals surface area contributed by atoms with Gasteiger partial charge in [0.2, 0.25) is 0 Å². The highest BCUT2D eigenvalue weighted by Gasteiger charge is 2.22. The van der Waals surface area contributed by atoms with Gasteiger partial charge in [0.25, 0.3) is 5.91 Å². The molecule has 0 bridgehead atoms. The number of hydrogen-bond acceptors (Lipinski definition) is 3. The van der Waals surface area contributed by atoms with Crippen LogP contribution in [0.15, 0.2) is 54.6 Å². The molecule has 5 heteroatoms. The number of benzene rings is 2. The molecule has 32 heavy (non-hydrogen) atoms. The quantitative estimate of drug-likeness (QED) is 0.547. The first-order valence-corrected chi connectivity index (χ1v) is 12.1. The smallest absolute Gasteiger partial charge is 0.272 e. The van der Waals surface area contributed by atoms with Crippen LogP contribution in [-0.4, -0.2) is 46.8 Å². The van der Waals surface area contributed by atoms with E-state index in [1.807, 2.05) is 42.8 Å². The van der Waals surface area contributed by atoms with Gasteiger partial charge in [-0.2, -0.15) is 5.10 Å². The van der Waals surface area contributed by atoms with Crippen molar-refractivity contribution in [1.82, 2.24) is 20.0 Å². The number of nitrogens with one attached hydrogen (secondary N) is 1. The van der Waals surface area contributed by atoms with Crippen LogP contribution in [0.5, 0.6) is 0 Å². The number of aromatic nitrogens is 2. The van der Waals surface area contributed by atoms with Gasteiger partial charge < -0.3 is 10.2 Å². The molecule has 0 unspecified atom stereocenters. The molecule has 5 nitrogen and oxygen atoms in total. The van der Waals surface area contributed by atoms with Crippen LogP contribution in [0.4, 0.5) is 0 Å². The van der Waals surface area contributed by atoms with Crippen LogP contribution in [0.2, 0.25) is 0 Å². The summed E-state index contributed by atoms with van der Waals surface area (Å²) < 4.78 is 1.94. The summed E-state index contributed by atoms with van der Waals surface area (Å²) in [6.45, 7) is 12.2. The third-order valence-electron chi connectivity index (χ3n) is 6.14. The molecule has 0 saturated carbocycles. The topological polar surface area (TPSA) is 50.2 Å². The van der Waals surface area contributed by atoms with Crippen molar-refractivity contribution in [3.63, 3.8) is 0 Å². The Balaban J connectivity index is 0.00000141. The molecular weight excluding hydrogens is 396 g/mol. The van der Waals surface area contributed by atoms with Crippen molar-refractivity contribution in [1.29, 1.82) is 0 Å². The molecule has 4 rings (SSSR count). The number of fused-ring (bicyclic) bond motifs is 1. The molecule has 172 valence electrons. The van der Waals surface area contributed by atoms with Gasteiger partial charge in [-0.25, -0.2) is 0 Å². The fraction of sp³-hybridized carbons (Fsp3) is 0.481. The normalized spacial score (nSPS) is 14.9. The van der Waals surface area contributed by atoms with E-state index >= 15 is 0 Å². The van der Waals surface area contributed by atoms with Crippen LogP contribution < -0.4 is 5.32 Å². The van der Waals surface area contributed by atoms with E-state index in [-0.39, 0.29) is 11.9 Å². The maximum atomic E-state index is 12.9. The van der Waals surface area contributed by atoms with Gasteiger partial charge in [-0.05, 0) is 63.7 Å². The van der Waals surface area contributed by atoms with E-state index in [4.69, 9.17) is 0 Å². The van der Waals surface area contributed by atoms with E-state index in [2.05, 4.69) is 59.5 Å². The molecular formula is C27H38N4O. The van der Waals surface area contributed by atoms with Crippen LogP contribution >= 0.6 is 0 Å². The third kappa shape index (κ3) is 5.98. The summed E-state index contributed by atoms with van der Waals surface area (Å²) in [5, 5.41) is 8.70. The van der Waals surface area contributed by atoms with E-state index in [9.17, 15) is 4.79 Å². The molecule has 1 aromatic heterocycles. The van der Waals surface area contributed by atoms with Crippen molar-refractivity contribution >= 4 is 16.8 Å². The number of rotatable bonds is 7. The van der Waals surface area contributed by atoms with E-state index in [0.717, 1.165) is 56.3 Å². The molecule has 1 aliphatic heterocycles. The Morgan fingerprint density at radius 3 is 2.38 bits per heavy atom. The number of carbonyl (C=O) groups excluding carboxylic acids is 1. The Hall–Kier alpha value is -2.66. The van der Waals surface area contributed by atoms with Crippen LogP contribution in [-0.2, 0) is 6.42 Å². The Labute approximate surface area is 192 Å². The largest absolute Gasteiger partial charge is 0.350 e. The van der Waals surface area contributed by atoms with E-state index in [1.165, 1.54) is 5.56 Å². The monoisotopic (exact) mass is 434 g/mol. The highest BCUT2D eigenvalue weighted by Crippen LogP contribution is 2.22. The van der Waals surface area contributed by atoms with Crippen LogP contribution in [0, 0.1) is 5.92 Å². The lowest BCUT2D eigenvalue weighted by Gasteiger charge is -2.32. The molecule has 0 aliphatic carbocycles. The molecule has 2 heterocycles. The fourth-order valence-electron chi connectivity index (χ4n) is 4.32. The minimum atomic E-state index is -0.0582. The minimum Gasteiger partial charge on any atom is -0.350 e. The number of carbonyl (C=O) groups is 1. The average Bonchev–Trinajstić information content (AvgIpc) is 3.24. The first-order valence-electron chi connectivity index (χ1n) is 12.1. The molecule has 1 amide bonds. The molecule has 1 N–H and O–H groups in total. The Morgan fingerprint density at radius 2 is 1.69 bits per heavy atom. The number of nitrogens with zero attached hydrogens (tertiary/aromatic N) is 3. The lowest BCUT2D eigenvalue weighted by Crippen LogP contribution is -2.39. The molecule has 0 atom stereocenters. The molecule has 2 aromatic carbocycles. The Morgan fingerprint density at radius 1 is 1.03 bits per heavy atom. The van der Waals surface area contributed by atoms with Crippen molar-refractivity contribution in [2.45, 2.75) is 53.0 Å². The first kappa shape index (κ1) is 24.0. The van der Waals surface area contributed by atoms with Gasteiger partial charge in [-0.15, -0.1) is 0 Å². The van der Waals surface area contributed by atoms with E-state index in [1.54, 1.807) is 0 Å². The van der Waals surface area contributed by atoms with Gasteiger partial charge in [-0.1, -0.05) is 62.4 Å². The second-order valence-corrected chi connectivity index (χ2v) is 8.63. The average molecular weight is 435 g/mol. The van der Waals surface area contributed by atoms with Crippen molar-refractivity contribution in [3.05, 3.63) is 65.9 Å². The third-order valence-corrected chi connectivity index (χ3v) is 6.14. The van der Waals surface area contributed by atoms with Gasteiger partial charge in [-0.3, -0.25) is 9.48 Å². The molecule has 0 radical (unpaired) electrons. The second-order valence-electron chi connectivity index (χ2n) is 8.63. The van der Waals surface area contributed by atoms with Gasteiger partial charge in [0.05, 0.1) is 5.52 Å². The molecule has 1 aliphatic rings. The predicted molar refractivity (Wildman–Crippen MR) is 133 cm³/mol. The van der Waals surface area contributed by atoms with Gasteiger partial charge in [0.15, 0.2) is 5.69 Å². The highest BCUT2D eigenvalue weighted by molar-refractivity contribution is 6.04. The molecule has 1 saturated heterocycles. The van der Waals surface area contributed by atoms with E-state index < -0.39 is 0 Å². The summed E-state index contributed by atoms with van der Waals surface area (Å²) >= 11 is 0. The number of hydrogen-bond donors (Lipinski definition) is 1. The summed E-state index contributed by atoms with van der Waals surface area (Å²) in [6.07, 6.45) is 3.38. The maximum absolute atomic E-state index is 12.9. The summed E-state index contributed by atoms with van der Waals surface area (Å²) in [5.41, 5.74) is 2.96. The van der Waals surface area contributed by atoms with Crippen LogP contribution in [0.3, 0.4) is 0 Å². The maximum Gasteiger partial charge on any atom is 0.272 e. The predicted octanol–water partition coefficient (Wildman–Crippen LogP) is 5.33. The molecule has 3 aromatic rings. The fourth-order valence-corrected chi connectivity index (χ4v) is 4.32. The number of para-hydroxylation sites is 1. The molecule has 0 spiro atoms. The van der Waals surface area contributed by atoms with Crippen molar-refractivity contribution in [2.75, 3.05) is 26.2 Å². The summed E-state index contributed by atoms with van der Waals surface area (Å²) in [6, 6.07) is 18.9. The van der Waals surface area contributed by atoms with Gasteiger partial charge in [0, 0.05) is 24.5 Å². The SMILES string of the molecule is CC.CC(C)n1nc(C(=O)NCC2CCN(CCc3ccccc3)CC2)c2ccccc21. The Bertz CT molecular complexity index is 972. The Kier molecular flexibility index (Phi) is 8.86. The van der Waals surface area contributed by atoms with Gasteiger partial charge in [0.1, 0.15) is 0 Å². The minimum absolute atomic E-state index is 0.0582. The van der Waals surface area contributed by atoms with E-state index in [0.29, 0.717) is 11.6 Å². The number of amides is 1. The number of piperidine rings is 1. The zero-order valence-corrected chi connectivity index (χ0v) is 20.1. The zero-order chi connectivity index (χ0) is 22.9. The lowest BCUT2D eigenvalue weighted by molar-refractivity contribution is 0.0932. The van der Waals surface area contributed by atoms with Crippen molar-refractivity contribution < 1.29 is 4.79 Å². The summed E-state index contributed by atoms with van der Waals surface area (Å²) in [7, 11) is 0. The van der Waals surface area contributed by atoms with Gasteiger partial charge >= 0.3 is 0 Å². The molecule has 1 fully saturated rings. The number of likely N-dealkylation sites (tertiary alicyclic amines) is 1. The van der Waals surface area contributed by atoms with Crippen molar-refractivity contribution in [3.8, 4) is 0 Å². The zero-order valence-electron chi connectivity index (χ0n) is 20.1. The lowest BCUT2D eigenvalue weighted by atomic mass is 9.96. The first-order chi connectivity index (χ1) is 15.6. The summed E-state index contributed by atoms with van der Waals surface area (Å²) in [5.74, 6) is 0.484. The van der Waals surface area contributed by atoms with Crippen LogP contribution in [0.1, 0.15) is 62.6 Å². The van der Waals surface area contributed by atoms with Crippen LogP contribution in [0.25, 0.3) is 10.9 Å². The summed E-state index contributed by atoms with van der Waals surface area (Å²) in [4.78, 5) is 15.4. The van der Waals surface area contributed by atoms with Crippen molar-refractivity contribution in [2.24, 2.45) is 5.92 Å².